The summed E-state index contributed by atoms with van der Waals surface area (Å²) in [5.74, 6) is 3.06. The number of nitrogens with zero attached hydrogens (tertiary/aromatic N) is 2. The summed E-state index contributed by atoms with van der Waals surface area (Å²) in [6.07, 6.45) is 9.90. The third kappa shape index (κ3) is 2.75. The summed E-state index contributed by atoms with van der Waals surface area (Å²) >= 11 is 0. The van der Waals surface area contributed by atoms with Crippen molar-refractivity contribution in [2.75, 3.05) is 26.7 Å². The summed E-state index contributed by atoms with van der Waals surface area (Å²) in [6, 6.07) is 0. The molecule has 0 amide bonds. The van der Waals surface area contributed by atoms with E-state index in [0.29, 0.717) is 5.41 Å². The molecule has 1 heterocycles. The second kappa shape index (κ2) is 5.34. The fourth-order valence-corrected chi connectivity index (χ4v) is 3.86. The lowest BCUT2D eigenvalue weighted by atomic mass is 9.65. The van der Waals surface area contributed by atoms with Gasteiger partial charge in [0, 0.05) is 26.7 Å². The van der Waals surface area contributed by atoms with Gasteiger partial charge in [-0.15, -0.1) is 0 Å². The maximum Gasteiger partial charge on any atom is 0.193 e. The summed E-state index contributed by atoms with van der Waals surface area (Å²) in [4.78, 5) is 6.97. The van der Waals surface area contributed by atoms with E-state index < -0.39 is 0 Å². The van der Waals surface area contributed by atoms with E-state index in [0.717, 1.165) is 24.3 Å². The quantitative estimate of drug-likeness (QED) is 0.626. The molecule has 0 aromatic heterocycles. The van der Waals surface area contributed by atoms with Crippen LogP contribution in [0.1, 0.15) is 51.9 Å². The van der Waals surface area contributed by atoms with Crippen LogP contribution in [0.2, 0.25) is 0 Å². The Morgan fingerprint density at radius 3 is 2.37 bits per heavy atom. The molecular formula is C16H29N3. The minimum Gasteiger partial charge on any atom is -0.356 e. The lowest BCUT2D eigenvalue weighted by molar-refractivity contribution is 0.104. The van der Waals surface area contributed by atoms with Crippen LogP contribution < -0.4 is 5.32 Å². The van der Waals surface area contributed by atoms with Crippen molar-refractivity contribution < 1.29 is 0 Å². The molecule has 2 saturated carbocycles. The van der Waals surface area contributed by atoms with Gasteiger partial charge in [-0.3, -0.25) is 4.99 Å². The van der Waals surface area contributed by atoms with Crippen LogP contribution in [0.15, 0.2) is 4.99 Å². The third-order valence-electron chi connectivity index (χ3n) is 5.69. The molecule has 0 radical (unpaired) electrons. The third-order valence-corrected chi connectivity index (χ3v) is 5.69. The van der Waals surface area contributed by atoms with E-state index in [4.69, 9.17) is 0 Å². The summed E-state index contributed by atoms with van der Waals surface area (Å²) in [7, 11) is 1.94. The van der Waals surface area contributed by atoms with E-state index >= 15 is 0 Å². The predicted octanol–water partition coefficient (Wildman–Crippen LogP) is 2.87. The number of piperidine rings is 1. The lowest BCUT2D eigenvalue weighted by Gasteiger charge is -2.44. The Hall–Kier alpha value is -0.730. The molecule has 3 aliphatic rings. The van der Waals surface area contributed by atoms with Gasteiger partial charge in [0.25, 0.3) is 0 Å². The molecule has 1 aliphatic heterocycles. The minimum atomic E-state index is 0.638. The Kier molecular flexibility index (Phi) is 3.72. The minimum absolute atomic E-state index is 0.638. The zero-order valence-electron chi connectivity index (χ0n) is 12.6. The van der Waals surface area contributed by atoms with Crippen molar-refractivity contribution >= 4 is 5.96 Å². The van der Waals surface area contributed by atoms with Gasteiger partial charge in [0.15, 0.2) is 5.96 Å². The van der Waals surface area contributed by atoms with Gasteiger partial charge < -0.3 is 10.2 Å². The molecule has 1 saturated heterocycles. The first-order chi connectivity index (χ1) is 9.23. The predicted molar refractivity (Wildman–Crippen MR) is 80.3 cm³/mol. The number of hydrogen-bond donors (Lipinski definition) is 1. The highest BCUT2D eigenvalue weighted by Gasteiger charge is 2.48. The topological polar surface area (TPSA) is 27.6 Å². The average Bonchev–Trinajstić information content (AvgIpc) is 3.19. The highest BCUT2D eigenvalue weighted by atomic mass is 15.3. The number of guanidine groups is 1. The Morgan fingerprint density at radius 1 is 1.21 bits per heavy atom. The zero-order valence-corrected chi connectivity index (χ0v) is 12.6. The van der Waals surface area contributed by atoms with Gasteiger partial charge in [-0.1, -0.05) is 13.3 Å². The van der Waals surface area contributed by atoms with Gasteiger partial charge in [-0.2, -0.15) is 0 Å². The number of hydrogen-bond acceptors (Lipinski definition) is 1. The van der Waals surface area contributed by atoms with Crippen LogP contribution in [0.25, 0.3) is 0 Å². The number of aliphatic imine (C=N–C) groups is 1. The lowest BCUT2D eigenvalue weighted by Crippen LogP contribution is -2.50. The molecule has 3 heteroatoms. The highest BCUT2D eigenvalue weighted by molar-refractivity contribution is 5.80. The van der Waals surface area contributed by atoms with Gasteiger partial charge in [0.2, 0.25) is 0 Å². The van der Waals surface area contributed by atoms with Crippen molar-refractivity contribution in [2.24, 2.45) is 22.2 Å². The van der Waals surface area contributed by atoms with Crippen molar-refractivity contribution in [3.63, 3.8) is 0 Å². The molecule has 0 aromatic rings. The van der Waals surface area contributed by atoms with E-state index in [1.165, 1.54) is 58.0 Å². The Bertz CT molecular complexity index is 334. The molecule has 0 bridgehead atoms. The largest absolute Gasteiger partial charge is 0.356 e. The van der Waals surface area contributed by atoms with Crippen LogP contribution >= 0.6 is 0 Å². The van der Waals surface area contributed by atoms with Crippen molar-refractivity contribution in [1.29, 1.82) is 0 Å². The van der Waals surface area contributed by atoms with Crippen LogP contribution in [0.4, 0.5) is 0 Å². The Morgan fingerprint density at radius 2 is 1.89 bits per heavy atom. The van der Waals surface area contributed by atoms with E-state index in [2.05, 4.69) is 22.1 Å². The van der Waals surface area contributed by atoms with Gasteiger partial charge in [-0.05, 0) is 55.8 Å². The van der Waals surface area contributed by atoms with Crippen molar-refractivity contribution in [3.05, 3.63) is 0 Å². The SMILES string of the molecule is CN=C(NCC1(C2CC2)CCC1)N1CCC(C)CC1. The number of nitrogens with one attached hydrogen (secondary N) is 1. The Balaban J connectivity index is 1.52. The van der Waals surface area contributed by atoms with Crippen LogP contribution in [0.3, 0.4) is 0 Å². The first kappa shape index (κ1) is 13.3. The van der Waals surface area contributed by atoms with E-state index in [-0.39, 0.29) is 0 Å². The fourth-order valence-electron chi connectivity index (χ4n) is 3.86. The van der Waals surface area contributed by atoms with Gasteiger partial charge in [0.1, 0.15) is 0 Å². The van der Waals surface area contributed by atoms with Crippen molar-refractivity contribution in [1.82, 2.24) is 10.2 Å². The van der Waals surface area contributed by atoms with Crippen LogP contribution in [-0.4, -0.2) is 37.5 Å². The number of rotatable bonds is 3. The smallest absolute Gasteiger partial charge is 0.193 e. The molecule has 1 N–H and O–H groups in total. The first-order valence-corrected chi connectivity index (χ1v) is 8.19. The molecule has 0 unspecified atom stereocenters. The summed E-state index contributed by atoms with van der Waals surface area (Å²) in [5.41, 5.74) is 0.638. The van der Waals surface area contributed by atoms with E-state index in [1.807, 2.05) is 7.05 Å². The molecule has 2 aliphatic carbocycles. The normalized spacial score (nSPS) is 28.1. The van der Waals surface area contributed by atoms with Crippen molar-refractivity contribution in [2.45, 2.75) is 51.9 Å². The molecule has 0 atom stereocenters. The van der Waals surface area contributed by atoms with E-state index in [9.17, 15) is 0 Å². The average molecular weight is 263 g/mol. The maximum absolute atomic E-state index is 4.51. The van der Waals surface area contributed by atoms with Gasteiger partial charge in [0.05, 0.1) is 0 Å². The fraction of sp³-hybridized carbons (Fsp3) is 0.938. The monoisotopic (exact) mass is 263 g/mol. The molecule has 19 heavy (non-hydrogen) atoms. The second-order valence-electron chi connectivity index (χ2n) is 7.06. The van der Waals surface area contributed by atoms with Crippen LogP contribution in [-0.2, 0) is 0 Å². The standard InChI is InChI=1S/C16H29N3/c1-13-6-10-19(11-7-13)15(17-2)18-12-16(8-3-9-16)14-4-5-14/h13-14H,3-12H2,1-2H3,(H,17,18). The molecule has 3 rings (SSSR count). The molecule has 0 spiro atoms. The molecular weight excluding hydrogens is 234 g/mol. The molecule has 108 valence electrons. The number of likely N-dealkylation sites (tertiary alicyclic amines) is 1. The second-order valence-corrected chi connectivity index (χ2v) is 7.06. The summed E-state index contributed by atoms with van der Waals surface area (Å²) < 4.78 is 0. The summed E-state index contributed by atoms with van der Waals surface area (Å²) in [5, 5.41) is 3.69. The highest BCUT2D eigenvalue weighted by Crippen LogP contribution is 2.56. The van der Waals surface area contributed by atoms with Crippen molar-refractivity contribution in [3.8, 4) is 0 Å². The van der Waals surface area contributed by atoms with Gasteiger partial charge in [-0.25, -0.2) is 0 Å². The van der Waals surface area contributed by atoms with Crippen LogP contribution in [0.5, 0.6) is 0 Å². The molecule has 3 nitrogen and oxygen atoms in total. The molecule has 3 fully saturated rings. The van der Waals surface area contributed by atoms with E-state index in [1.54, 1.807) is 0 Å². The summed E-state index contributed by atoms with van der Waals surface area (Å²) in [6.45, 7) is 5.88. The first-order valence-electron chi connectivity index (χ1n) is 8.19. The maximum atomic E-state index is 4.51. The molecule has 0 aromatic carbocycles. The van der Waals surface area contributed by atoms with Gasteiger partial charge >= 0.3 is 0 Å². The zero-order chi connectivity index (χ0) is 13.3. The Labute approximate surface area is 117 Å². The van der Waals surface area contributed by atoms with Crippen LogP contribution in [0, 0.1) is 17.3 Å².